The third-order valence-corrected chi connectivity index (χ3v) is 5.52. The summed E-state index contributed by atoms with van der Waals surface area (Å²) in [5, 5.41) is 5.89. The van der Waals surface area contributed by atoms with Gasteiger partial charge in [0, 0.05) is 31.6 Å². The van der Waals surface area contributed by atoms with Gasteiger partial charge < -0.3 is 14.5 Å². The van der Waals surface area contributed by atoms with Gasteiger partial charge >= 0.3 is 5.97 Å². The maximum absolute atomic E-state index is 11.9. The summed E-state index contributed by atoms with van der Waals surface area (Å²) in [6.45, 7) is -0.0355. The minimum Gasteiger partial charge on any atom is -0.457 e. The molecule has 0 aliphatic carbocycles. The van der Waals surface area contributed by atoms with Crippen LogP contribution in [0.15, 0.2) is 38.5 Å². The number of esters is 1. The summed E-state index contributed by atoms with van der Waals surface area (Å²) < 4.78 is 34.9. The van der Waals surface area contributed by atoms with Crippen molar-refractivity contribution in [2.45, 2.75) is 18.1 Å². The molecule has 0 aromatic carbocycles. The molecular weight excluding hydrogens is 368 g/mol. The Morgan fingerprint density at radius 1 is 1.28 bits per heavy atom. The lowest BCUT2D eigenvalue weighted by molar-refractivity contribution is -0.145. The molecule has 2 rings (SSSR count). The van der Waals surface area contributed by atoms with Crippen LogP contribution in [0.5, 0.6) is 0 Å². The number of hydrogen-bond donors (Lipinski definition) is 1. The number of furan rings is 1. The minimum absolute atomic E-state index is 0.000556. The lowest BCUT2D eigenvalue weighted by Gasteiger charge is -2.08. The fraction of sp³-hybridized carbons (Fsp3) is 0.333. The van der Waals surface area contributed by atoms with Gasteiger partial charge in [-0.25, -0.2) is 12.7 Å². The fourth-order valence-corrected chi connectivity index (χ4v) is 3.20. The van der Waals surface area contributed by atoms with Crippen LogP contribution in [0.1, 0.15) is 22.5 Å². The van der Waals surface area contributed by atoms with Gasteiger partial charge in [0.05, 0.1) is 6.42 Å². The molecule has 0 radical (unpaired) electrons. The molecule has 8 nitrogen and oxygen atoms in total. The second kappa shape index (κ2) is 8.28. The van der Waals surface area contributed by atoms with Crippen LogP contribution in [0, 0.1) is 0 Å². The lowest BCUT2D eigenvalue weighted by Crippen LogP contribution is -2.26. The Morgan fingerprint density at radius 2 is 2.04 bits per heavy atom. The van der Waals surface area contributed by atoms with Gasteiger partial charge in [-0.05, 0) is 23.6 Å². The van der Waals surface area contributed by atoms with Crippen LogP contribution >= 0.6 is 11.3 Å². The van der Waals surface area contributed by atoms with E-state index in [2.05, 4.69) is 5.32 Å². The predicted octanol–water partition coefficient (Wildman–Crippen LogP) is 1.45. The molecule has 0 saturated carbocycles. The summed E-state index contributed by atoms with van der Waals surface area (Å²) >= 11 is 1.41. The number of thiophene rings is 1. The monoisotopic (exact) mass is 386 g/mol. The number of carbonyl (C=O) groups excluding carboxylic acids is 2. The van der Waals surface area contributed by atoms with Gasteiger partial charge in [0.15, 0.2) is 0 Å². The summed E-state index contributed by atoms with van der Waals surface area (Å²) in [5.41, 5.74) is 0.545. The highest BCUT2D eigenvalue weighted by atomic mass is 32.2. The van der Waals surface area contributed by atoms with E-state index in [4.69, 9.17) is 9.15 Å². The first-order valence-electron chi connectivity index (χ1n) is 7.28. The molecular formula is C15H18N2O6S2. The van der Waals surface area contributed by atoms with Gasteiger partial charge in [0.2, 0.25) is 5.09 Å². The number of hydrogen-bond acceptors (Lipinski definition) is 7. The molecule has 0 fully saturated rings. The molecule has 0 unspecified atom stereocenters. The Morgan fingerprint density at radius 3 is 2.68 bits per heavy atom. The summed E-state index contributed by atoms with van der Waals surface area (Å²) in [5.74, 6) is -0.561. The van der Waals surface area contributed by atoms with Crippen LogP contribution in [0.3, 0.4) is 0 Å². The van der Waals surface area contributed by atoms with E-state index >= 15 is 0 Å². The fourth-order valence-electron chi connectivity index (χ4n) is 1.75. The van der Waals surface area contributed by atoms with Gasteiger partial charge in [0.1, 0.15) is 12.4 Å². The molecule has 0 aliphatic heterocycles. The normalized spacial score (nSPS) is 11.5. The summed E-state index contributed by atoms with van der Waals surface area (Å²) in [7, 11) is -0.879. The first-order chi connectivity index (χ1) is 11.8. The van der Waals surface area contributed by atoms with Gasteiger partial charge in [-0.1, -0.05) is 0 Å². The largest absolute Gasteiger partial charge is 0.457 e. The molecule has 0 spiro atoms. The van der Waals surface area contributed by atoms with E-state index in [1.165, 1.54) is 37.6 Å². The highest BCUT2D eigenvalue weighted by Gasteiger charge is 2.21. The van der Waals surface area contributed by atoms with Crippen LogP contribution < -0.4 is 5.32 Å². The van der Waals surface area contributed by atoms with E-state index in [1.54, 1.807) is 16.8 Å². The molecule has 0 atom stereocenters. The zero-order valence-electron chi connectivity index (χ0n) is 13.7. The third-order valence-electron chi connectivity index (χ3n) is 3.15. The first kappa shape index (κ1) is 19.2. The van der Waals surface area contributed by atoms with Crippen molar-refractivity contribution in [2.75, 3.05) is 20.6 Å². The molecule has 2 aromatic rings. The van der Waals surface area contributed by atoms with Crippen LogP contribution in [-0.2, 0) is 26.2 Å². The lowest BCUT2D eigenvalue weighted by atomic mass is 10.3. The summed E-state index contributed by atoms with van der Waals surface area (Å²) in [6.07, 6.45) is -0.000556. The molecule has 2 aromatic heterocycles. The Labute approximate surface area is 149 Å². The Bertz CT molecular complexity index is 824. The van der Waals surface area contributed by atoms with Crippen LogP contribution in [-0.4, -0.2) is 45.2 Å². The zero-order chi connectivity index (χ0) is 18.4. The van der Waals surface area contributed by atoms with E-state index in [9.17, 15) is 18.0 Å². The van der Waals surface area contributed by atoms with Crippen molar-refractivity contribution < 1.29 is 27.2 Å². The average molecular weight is 386 g/mol. The molecule has 0 saturated heterocycles. The Hall–Kier alpha value is -2.17. The number of amides is 1. The number of nitrogens with one attached hydrogen (secondary N) is 1. The van der Waals surface area contributed by atoms with Gasteiger partial charge in [-0.3, -0.25) is 9.59 Å². The zero-order valence-corrected chi connectivity index (χ0v) is 15.4. The molecule has 0 aliphatic rings. The summed E-state index contributed by atoms with van der Waals surface area (Å²) in [4.78, 5) is 23.3. The van der Waals surface area contributed by atoms with Crippen molar-refractivity contribution in [3.05, 3.63) is 40.3 Å². The number of sulfonamides is 1. The highest BCUT2D eigenvalue weighted by Crippen LogP contribution is 2.17. The Balaban J connectivity index is 1.75. The van der Waals surface area contributed by atoms with Crippen LogP contribution in [0.25, 0.3) is 0 Å². The van der Waals surface area contributed by atoms with E-state index in [0.717, 1.165) is 4.31 Å². The second-order valence-electron chi connectivity index (χ2n) is 5.19. The average Bonchev–Trinajstić information content (AvgIpc) is 3.24. The maximum Gasteiger partial charge on any atom is 0.308 e. The van der Waals surface area contributed by atoms with Crippen LogP contribution in [0.4, 0.5) is 0 Å². The van der Waals surface area contributed by atoms with Gasteiger partial charge in [0.25, 0.3) is 15.9 Å². The van der Waals surface area contributed by atoms with E-state index in [0.29, 0.717) is 5.56 Å². The predicted molar refractivity (Wildman–Crippen MR) is 90.6 cm³/mol. The highest BCUT2D eigenvalue weighted by molar-refractivity contribution is 7.88. The van der Waals surface area contributed by atoms with E-state index in [1.807, 2.05) is 0 Å². The smallest absolute Gasteiger partial charge is 0.308 e. The van der Waals surface area contributed by atoms with E-state index < -0.39 is 16.0 Å². The van der Waals surface area contributed by atoms with Crippen LogP contribution in [0.2, 0.25) is 0 Å². The topological polar surface area (TPSA) is 106 Å². The summed E-state index contributed by atoms with van der Waals surface area (Å²) in [6, 6.07) is 4.43. The molecule has 0 bridgehead atoms. The first-order valence-corrected chi connectivity index (χ1v) is 9.66. The van der Waals surface area contributed by atoms with Gasteiger partial charge in [-0.15, -0.1) is 0 Å². The molecule has 10 heteroatoms. The quantitative estimate of drug-likeness (QED) is 0.689. The van der Waals surface area contributed by atoms with Crippen molar-refractivity contribution in [1.29, 1.82) is 0 Å². The third kappa shape index (κ3) is 5.15. The number of nitrogens with zero attached hydrogens (tertiary/aromatic N) is 1. The molecule has 25 heavy (non-hydrogen) atoms. The van der Waals surface area contributed by atoms with Crippen molar-refractivity contribution in [2.24, 2.45) is 0 Å². The standard InChI is InChI=1S/C15H18N2O6S2/c1-17(2)25(20,21)14-4-3-12(23-14)9-22-13(18)5-7-16-15(19)11-6-8-24-10-11/h3-4,6,8,10H,5,7,9H2,1-2H3,(H,16,19). The molecule has 1 amide bonds. The molecule has 1 N–H and O–H groups in total. The SMILES string of the molecule is CN(C)S(=O)(=O)c1ccc(COC(=O)CCNC(=O)c2ccsc2)o1. The van der Waals surface area contributed by atoms with Crippen molar-refractivity contribution in [1.82, 2.24) is 9.62 Å². The number of rotatable bonds is 8. The second-order valence-corrected chi connectivity index (χ2v) is 8.05. The Kier molecular flexibility index (Phi) is 6.34. The van der Waals surface area contributed by atoms with E-state index in [-0.39, 0.29) is 36.3 Å². The van der Waals surface area contributed by atoms with Crippen molar-refractivity contribution in [3.8, 4) is 0 Å². The molecule has 2 heterocycles. The van der Waals surface area contributed by atoms with Crippen molar-refractivity contribution in [3.63, 3.8) is 0 Å². The minimum atomic E-state index is -3.66. The maximum atomic E-state index is 11.9. The number of ether oxygens (including phenoxy) is 1. The van der Waals surface area contributed by atoms with Crippen molar-refractivity contribution >= 4 is 33.2 Å². The van der Waals surface area contributed by atoms with Gasteiger partial charge in [-0.2, -0.15) is 11.3 Å². The number of carbonyl (C=O) groups is 2. The molecule has 136 valence electrons.